The van der Waals surface area contributed by atoms with E-state index in [1.54, 1.807) is 11.8 Å². The molecule has 0 radical (unpaired) electrons. The van der Waals surface area contributed by atoms with Crippen LogP contribution in [0.4, 0.5) is 5.69 Å². The first-order valence-electron chi connectivity index (χ1n) is 11.3. The second kappa shape index (κ2) is 13.1. The molecule has 0 aliphatic carbocycles. The van der Waals surface area contributed by atoms with Crippen LogP contribution in [0.3, 0.4) is 0 Å². The number of carbonyl (C=O) groups excluding carboxylic acids is 1. The number of ether oxygens (including phenoxy) is 1. The van der Waals surface area contributed by atoms with Crippen LogP contribution in [-0.2, 0) is 35.3 Å². The van der Waals surface area contributed by atoms with Crippen LogP contribution >= 0.6 is 23.4 Å². The molecule has 2 aromatic rings. The first kappa shape index (κ1) is 28.7. The van der Waals surface area contributed by atoms with Gasteiger partial charge in [-0.25, -0.2) is 16.8 Å². The molecule has 0 atom stereocenters. The molecule has 0 spiro atoms. The van der Waals surface area contributed by atoms with Gasteiger partial charge in [0.1, 0.15) is 6.54 Å². The van der Waals surface area contributed by atoms with E-state index in [4.69, 9.17) is 16.3 Å². The topological polar surface area (TPSA) is 113 Å². The Labute approximate surface area is 222 Å². The number of anilines is 1. The van der Waals surface area contributed by atoms with Gasteiger partial charge in [0.05, 0.1) is 30.1 Å². The number of carbonyl (C=O) groups is 1. The van der Waals surface area contributed by atoms with Gasteiger partial charge >= 0.3 is 0 Å². The summed E-state index contributed by atoms with van der Waals surface area (Å²) in [7, 11) is -7.48. The lowest BCUT2D eigenvalue weighted by atomic mass is 10.2. The molecule has 1 fully saturated rings. The van der Waals surface area contributed by atoms with Gasteiger partial charge in [0.25, 0.3) is 0 Å². The first-order chi connectivity index (χ1) is 17.1. The van der Waals surface area contributed by atoms with Crippen molar-refractivity contribution in [3.05, 3.63) is 59.1 Å². The van der Waals surface area contributed by atoms with Crippen molar-refractivity contribution >= 4 is 55.0 Å². The fourth-order valence-corrected chi connectivity index (χ4v) is 7.02. The van der Waals surface area contributed by atoms with Gasteiger partial charge in [-0.2, -0.15) is 16.1 Å². The van der Waals surface area contributed by atoms with E-state index in [2.05, 4.69) is 5.32 Å². The zero-order chi connectivity index (χ0) is 26.2. The minimum absolute atomic E-state index is 0.0559. The van der Waals surface area contributed by atoms with E-state index in [1.165, 1.54) is 28.6 Å². The Morgan fingerprint density at radius 1 is 1.08 bits per heavy atom. The standard InChI is InChI=1S/C23H30ClN3O6S3/c1-35(29,30)27(17-23(28)25-11-4-16-34-18-19-5-2-3-6-22(19)24)20-7-9-21(10-8-20)36(31,32)26-12-14-33-15-13-26/h2-3,5-10H,4,11-18H2,1H3,(H,25,28). The van der Waals surface area contributed by atoms with Gasteiger partial charge in [0, 0.05) is 30.4 Å². The van der Waals surface area contributed by atoms with Gasteiger partial charge in [-0.05, 0) is 48.1 Å². The van der Waals surface area contributed by atoms with E-state index < -0.39 is 32.5 Å². The fourth-order valence-electron chi connectivity index (χ4n) is 3.51. The molecule has 1 N–H and O–H groups in total. The highest BCUT2D eigenvalue weighted by atomic mass is 35.5. The molecular formula is C23H30ClN3O6S3. The van der Waals surface area contributed by atoms with Crippen molar-refractivity contribution in [1.29, 1.82) is 0 Å². The minimum atomic E-state index is -3.78. The van der Waals surface area contributed by atoms with Crippen LogP contribution in [-0.4, -0.2) is 78.4 Å². The number of hydrogen-bond acceptors (Lipinski definition) is 7. The molecule has 13 heteroatoms. The Kier molecular flexibility index (Phi) is 10.5. The summed E-state index contributed by atoms with van der Waals surface area (Å²) < 4.78 is 57.8. The van der Waals surface area contributed by atoms with Crippen LogP contribution in [0.1, 0.15) is 12.0 Å². The third-order valence-electron chi connectivity index (χ3n) is 5.42. The van der Waals surface area contributed by atoms with E-state index in [-0.39, 0.29) is 23.7 Å². The summed E-state index contributed by atoms with van der Waals surface area (Å²) in [5.41, 5.74) is 1.27. The zero-order valence-electron chi connectivity index (χ0n) is 19.9. The Morgan fingerprint density at radius 3 is 2.39 bits per heavy atom. The highest BCUT2D eigenvalue weighted by Crippen LogP contribution is 2.23. The van der Waals surface area contributed by atoms with Crippen molar-refractivity contribution < 1.29 is 26.4 Å². The quantitative estimate of drug-likeness (QED) is 0.387. The number of nitrogens with zero attached hydrogens (tertiary/aromatic N) is 2. The third kappa shape index (κ3) is 8.09. The van der Waals surface area contributed by atoms with E-state index >= 15 is 0 Å². The summed E-state index contributed by atoms with van der Waals surface area (Å²) in [5, 5.41) is 3.47. The predicted molar refractivity (Wildman–Crippen MR) is 143 cm³/mol. The zero-order valence-corrected chi connectivity index (χ0v) is 23.1. The number of amides is 1. The van der Waals surface area contributed by atoms with Gasteiger partial charge < -0.3 is 10.1 Å². The Morgan fingerprint density at radius 2 is 1.75 bits per heavy atom. The molecule has 9 nitrogen and oxygen atoms in total. The summed E-state index contributed by atoms with van der Waals surface area (Å²) in [6.45, 7) is 1.18. The van der Waals surface area contributed by atoms with Crippen molar-refractivity contribution in [2.45, 2.75) is 17.1 Å². The van der Waals surface area contributed by atoms with Crippen LogP contribution < -0.4 is 9.62 Å². The van der Waals surface area contributed by atoms with Crippen molar-refractivity contribution in [3.63, 3.8) is 0 Å². The maximum atomic E-state index is 12.8. The maximum Gasteiger partial charge on any atom is 0.243 e. The molecule has 198 valence electrons. The number of benzene rings is 2. The largest absolute Gasteiger partial charge is 0.379 e. The lowest BCUT2D eigenvalue weighted by Gasteiger charge is -2.26. The fraction of sp³-hybridized carbons (Fsp3) is 0.435. The van der Waals surface area contributed by atoms with Crippen LogP contribution in [0, 0.1) is 0 Å². The summed E-state index contributed by atoms with van der Waals surface area (Å²) in [5.74, 6) is 1.13. The Balaban J connectivity index is 1.52. The summed E-state index contributed by atoms with van der Waals surface area (Å²) in [6, 6.07) is 13.1. The van der Waals surface area contributed by atoms with Crippen LogP contribution in [0.15, 0.2) is 53.4 Å². The third-order valence-corrected chi connectivity index (χ3v) is 9.94. The predicted octanol–water partition coefficient (Wildman–Crippen LogP) is 2.57. The van der Waals surface area contributed by atoms with Crippen molar-refractivity contribution in [1.82, 2.24) is 9.62 Å². The van der Waals surface area contributed by atoms with E-state index in [1.807, 2.05) is 24.3 Å². The van der Waals surface area contributed by atoms with Crippen molar-refractivity contribution in [3.8, 4) is 0 Å². The molecule has 0 saturated carbocycles. The molecule has 1 amide bonds. The minimum Gasteiger partial charge on any atom is -0.379 e. The molecule has 36 heavy (non-hydrogen) atoms. The molecule has 0 aromatic heterocycles. The lowest BCUT2D eigenvalue weighted by molar-refractivity contribution is -0.119. The normalized spacial score (nSPS) is 14.9. The number of nitrogens with one attached hydrogen (secondary N) is 1. The maximum absolute atomic E-state index is 12.8. The molecule has 3 rings (SSSR count). The molecule has 1 aliphatic heterocycles. The van der Waals surface area contributed by atoms with Gasteiger partial charge in [-0.3, -0.25) is 9.10 Å². The molecule has 1 aliphatic rings. The summed E-state index contributed by atoms with van der Waals surface area (Å²) >= 11 is 7.85. The number of halogens is 1. The second-order valence-corrected chi connectivity index (χ2v) is 13.5. The van der Waals surface area contributed by atoms with Crippen LogP contribution in [0.25, 0.3) is 0 Å². The van der Waals surface area contributed by atoms with E-state index in [9.17, 15) is 21.6 Å². The lowest BCUT2D eigenvalue weighted by Crippen LogP contribution is -2.41. The molecule has 0 bridgehead atoms. The molecule has 0 unspecified atom stereocenters. The molecule has 1 heterocycles. The summed E-state index contributed by atoms with van der Waals surface area (Å²) in [6.07, 6.45) is 1.72. The average Bonchev–Trinajstić information content (AvgIpc) is 2.85. The average molecular weight is 576 g/mol. The first-order valence-corrected chi connectivity index (χ1v) is 16.1. The Bertz CT molecular complexity index is 1230. The number of sulfonamides is 2. The van der Waals surface area contributed by atoms with Crippen LogP contribution in [0.2, 0.25) is 5.02 Å². The van der Waals surface area contributed by atoms with Crippen molar-refractivity contribution in [2.24, 2.45) is 0 Å². The second-order valence-electron chi connectivity index (χ2n) is 8.13. The Hall–Kier alpha value is -1.83. The number of rotatable bonds is 12. The monoisotopic (exact) mass is 575 g/mol. The molecular weight excluding hydrogens is 546 g/mol. The number of thioether (sulfide) groups is 1. The SMILES string of the molecule is CS(=O)(=O)N(CC(=O)NCCCSCc1ccccc1Cl)c1ccc(S(=O)(=O)N2CCOCC2)cc1. The highest BCUT2D eigenvalue weighted by molar-refractivity contribution is 7.98. The van der Waals surface area contributed by atoms with Crippen molar-refractivity contribution in [2.75, 3.05) is 55.7 Å². The highest BCUT2D eigenvalue weighted by Gasteiger charge is 2.27. The van der Waals surface area contributed by atoms with E-state index in [0.29, 0.717) is 26.2 Å². The number of hydrogen-bond donors (Lipinski definition) is 1. The molecule has 2 aromatic carbocycles. The number of morpholine rings is 1. The van der Waals surface area contributed by atoms with Gasteiger partial charge in [0.2, 0.25) is 26.0 Å². The van der Waals surface area contributed by atoms with Gasteiger partial charge in [0.15, 0.2) is 0 Å². The summed E-state index contributed by atoms with van der Waals surface area (Å²) in [4.78, 5) is 12.5. The van der Waals surface area contributed by atoms with Gasteiger partial charge in [-0.1, -0.05) is 29.8 Å². The smallest absolute Gasteiger partial charge is 0.243 e. The van der Waals surface area contributed by atoms with Crippen LogP contribution in [0.5, 0.6) is 0 Å². The van der Waals surface area contributed by atoms with Gasteiger partial charge in [-0.15, -0.1) is 0 Å². The van der Waals surface area contributed by atoms with E-state index in [0.717, 1.165) is 32.7 Å². The molecule has 1 saturated heterocycles.